The van der Waals surface area contributed by atoms with E-state index in [0.29, 0.717) is 19.0 Å². The molecule has 1 rings (SSSR count). The normalized spacial score (nSPS) is 9.93. The van der Waals surface area contributed by atoms with E-state index >= 15 is 0 Å². The van der Waals surface area contributed by atoms with Crippen LogP contribution in [-0.2, 0) is 16.1 Å². The summed E-state index contributed by atoms with van der Waals surface area (Å²) in [6.07, 6.45) is 1.41. The van der Waals surface area contributed by atoms with Gasteiger partial charge in [0.25, 0.3) is 0 Å². The Morgan fingerprint density at radius 2 is 2.40 bits per heavy atom. The standard InChI is InChI=1S/C9H14N4O2/c1-2-15-5-7-3-9(13-6-12-7)11-4-8(10)14/h3,6H,2,4-5H2,1H3,(H2,10,14)(H,11,12,13). The summed E-state index contributed by atoms with van der Waals surface area (Å²) in [6.45, 7) is 3.04. The second kappa shape index (κ2) is 5.92. The van der Waals surface area contributed by atoms with Crippen molar-refractivity contribution in [3.8, 4) is 0 Å². The Balaban J connectivity index is 2.53. The molecule has 0 aliphatic heterocycles. The van der Waals surface area contributed by atoms with Crippen molar-refractivity contribution in [3.05, 3.63) is 18.1 Å². The molecule has 0 saturated carbocycles. The van der Waals surface area contributed by atoms with Gasteiger partial charge in [-0.25, -0.2) is 9.97 Å². The first kappa shape index (κ1) is 11.4. The number of primary amides is 1. The highest BCUT2D eigenvalue weighted by Crippen LogP contribution is 2.04. The van der Waals surface area contributed by atoms with E-state index in [1.165, 1.54) is 6.33 Å². The van der Waals surface area contributed by atoms with Crippen LogP contribution in [-0.4, -0.2) is 29.0 Å². The Kier molecular flexibility index (Phi) is 4.49. The summed E-state index contributed by atoms with van der Waals surface area (Å²) in [5, 5.41) is 2.78. The minimum Gasteiger partial charge on any atom is -0.375 e. The average Bonchev–Trinajstić information content (AvgIpc) is 2.24. The predicted molar refractivity (Wildman–Crippen MR) is 55.0 cm³/mol. The molecule has 1 aromatic rings. The Labute approximate surface area is 87.9 Å². The average molecular weight is 210 g/mol. The highest BCUT2D eigenvalue weighted by atomic mass is 16.5. The Bertz CT molecular complexity index is 330. The van der Waals surface area contributed by atoms with Crippen LogP contribution in [0, 0.1) is 0 Å². The first-order valence-electron chi connectivity index (χ1n) is 4.63. The molecular weight excluding hydrogens is 196 g/mol. The summed E-state index contributed by atoms with van der Waals surface area (Å²) in [4.78, 5) is 18.5. The number of carbonyl (C=O) groups excluding carboxylic acids is 1. The maximum absolute atomic E-state index is 10.5. The molecule has 6 nitrogen and oxygen atoms in total. The van der Waals surface area contributed by atoms with Crippen molar-refractivity contribution in [2.75, 3.05) is 18.5 Å². The van der Waals surface area contributed by atoms with Gasteiger partial charge >= 0.3 is 0 Å². The maximum atomic E-state index is 10.5. The lowest BCUT2D eigenvalue weighted by Crippen LogP contribution is -2.22. The van der Waals surface area contributed by atoms with Crippen LogP contribution in [0.1, 0.15) is 12.6 Å². The molecule has 0 aliphatic carbocycles. The van der Waals surface area contributed by atoms with Gasteiger partial charge in [-0.15, -0.1) is 0 Å². The quantitative estimate of drug-likeness (QED) is 0.684. The van der Waals surface area contributed by atoms with E-state index in [-0.39, 0.29) is 6.54 Å². The van der Waals surface area contributed by atoms with Gasteiger partial charge in [0.1, 0.15) is 12.1 Å². The van der Waals surface area contributed by atoms with Crippen LogP contribution in [0.4, 0.5) is 5.82 Å². The molecule has 0 radical (unpaired) electrons. The van der Waals surface area contributed by atoms with Crippen LogP contribution in [0.5, 0.6) is 0 Å². The smallest absolute Gasteiger partial charge is 0.236 e. The van der Waals surface area contributed by atoms with E-state index in [1.54, 1.807) is 6.07 Å². The van der Waals surface area contributed by atoms with Crippen molar-refractivity contribution in [2.45, 2.75) is 13.5 Å². The first-order valence-corrected chi connectivity index (χ1v) is 4.63. The van der Waals surface area contributed by atoms with Crippen molar-refractivity contribution in [1.29, 1.82) is 0 Å². The number of hydrogen-bond donors (Lipinski definition) is 2. The molecule has 15 heavy (non-hydrogen) atoms. The van der Waals surface area contributed by atoms with Gasteiger partial charge < -0.3 is 15.8 Å². The number of carbonyl (C=O) groups is 1. The molecular formula is C9H14N4O2. The number of ether oxygens (including phenoxy) is 1. The van der Waals surface area contributed by atoms with E-state index in [0.717, 1.165) is 5.69 Å². The van der Waals surface area contributed by atoms with E-state index in [4.69, 9.17) is 10.5 Å². The molecule has 82 valence electrons. The van der Waals surface area contributed by atoms with Crippen LogP contribution in [0.25, 0.3) is 0 Å². The largest absolute Gasteiger partial charge is 0.375 e. The van der Waals surface area contributed by atoms with E-state index in [1.807, 2.05) is 6.92 Å². The van der Waals surface area contributed by atoms with Crippen LogP contribution < -0.4 is 11.1 Å². The predicted octanol–water partition coefficient (Wildman–Crippen LogP) is -0.0897. The summed E-state index contributed by atoms with van der Waals surface area (Å²) in [5.74, 6) is 0.137. The lowest BCUT2D eigenvalue weighted by atomic mass is 10.4. The number of hydrogen-bond acceptors (Lipinski definition) is 5. The van der Waals surface area contributed by atoms with Gasteiger partial charge in [-0.2, -0.15) is 0 Å². The lowest BCUT2D eigenvalue weighted by molar-refractivity contribution is -0.116. The van der Waals surface area contributed by atoms with Crippen LogP contribution in [0.15, 0.2) is 12.4 Å². The molecule has 0 aliphatic rings. The van der Waals surface area contributed by atoms with Crippen LogP contribution >= 0.6 is 0 Å². The second-order valence-corrected chi connectivity index (χ2v) is 2.85. The summed E-state index contributed by atoms with van der Waals surface area (Å²) < 4.78 is 5.19. The fourth-order valence-electron chi connectivity index (χ4n) is 0.957. The van der Waals surface area contributed by atoms with Gasteiger partial charge in [0, 0.05) is 12.7 Å². The number of nitrogens with zero attached hydrogens (tertiary/aromatic N) is 2. The number of aromatic nitrogens is 2. The molecule has 1 heterocycles. The fourth-order valence-corrected chi connectivity index (χ4v) is 0.957. The van der Waals surface area contributed by atoms with Crippen molar-refractivity contribution in [2.24, 2.45) is 5.73 Å². The number of amides is 1. The summed E-state index contributed by atoms with van der Waals surface area (Å²) in [5.41, 5.74) is 5.75. The monoisotopic (exact) mass is 210 g/mol. The Hall–Kier alpha value is -1.69. The van der Waals surface area contributed by atoms with Gasteiger partial charge in [0.05, 0.1) is 18.8 Å². The van der Waals surface area contributed by atoms with Gasteiger partial charge in [-0.1, -0.05) is 0 Å². The highest BCUT2D eigenvalue weighted by Gasteiger charge is 1.99. The topological polar surface area (TPSA) is 90.1 Å². The number of nitrogens with one attached hydrogen (secondary N) is 1. The van der Waals surface area contributed by atoms with Gasteiger partial charge in [0.2, 0.25) is 5.91 Å². The zero-order valence-electron chi connectivity index (χ0n) is 8.56. The molecule has 0 aromatic carbocycles. The third-order valence-electron chi connectivity index (χ3n) is 1.62. The number of nitrogens with two attached hydrogens (primary N) is 1. The summed E-state index contributed by atoms with van der Waals surface area (Å²) in [6, 6.07) is 1.72. The van der Waals surface area contributed by atoms with E-state index < -0.39 is 5.91 Å². The molecule has 0 saturated heterocycles. The first-order chi connectivity index (χ1) is 7.22. The molecule has 1 aromatic heterocycles. The van der Waals surface area contributed by atoms with Gasteiger partial charge in [0.15, 0.2) is 0 Å². The molecule has 6 heteroatoms. The molecule has 3 N–H and O–H groups in total. The third-order valence-corrected chi connectivity index (χ3v) is 1.62. The highest BCUT2D eigenvalue weighted by molar-refractivity contribution is 5.78. The summed E-state index contributed by atoms with van der Waals surface area (Å²) >= 11 is 0. The zero-order valence-corrected chi connectivity index (χ0v) is 8.56. The van der Waals surface area contributed by atoms with E-state index in [9.17, 15) is 4.79 Å². The fraction of sp³-hybridized carbons (Fsp3) is 0.444. The number of rotatable bonds is 6. The maximum Gasteiger partial charge on any atom is 0.236 e. The van der Waals surface area contributed by atoms with Gasteiger partial charge in [-0.3, -0.25) is 4.79 Å². The molecule has 0 spiro atoms. The Morgan fingerprint density at radius 3 is 3.07 bits per heavy atom. The molecule has 1 amide bonds. The van der Waals surface area contributed by atoms with Crippen molar-refractivity contribution in [3.63, 3.8) is 0 Å². The zero-order chi connectivity index (χ0) is 11.1. The second-order valence-electron chi connectivity index (χ2n) is 2.85. The molecule has 0 fully saturated rings. The van der Waals surface area contributed by atoms with Crippen LogP contribution in [0.3, 0.4) is 0 Å². The van der Waals surface area contributed by atoms with Crippen LogP contribution in [0.2, 0.25) is 0 Å². The SMILES string of the molecule is CCOCc1cc(NCC(N)=O)ncn1. The van der Waals surface area contributed by atoms with Crippen molar-refractivity contribution in [1.82, 2.24) is 9.97 Å². The summed E-state index contributed by atoms with van der Waals surface area (Å²) in [7, 11) is 0. The minimum atomic E-state index is -0.431. The number of anilines is 1. The third kappa shape index (κ3) is 4.37. The molecule has 0 atom stereocenters. The lowest BCUT2D eigenvalue weighted by Gasteiger charge is -2.04. The van der Waals surface area contributed by atoms with Gasteiger partial charge in [-0.05, 0) is 6.92 Å². The Morgan fingerprint density at radius 1 is 1.60 bits per heavy atom. The van der Waals surface area contributed by atoms with Crippen molar-refractivity contribution < 1.29 is 9.53 Å². The minimum absolute atomic E-state index is 0.0606. The molecule has 0 bridgehead atoms. The van der Waals surface area contributed by atoms with Crippen molar-refractivity contribution >= 4 is 11.7 Å². The molecule has 0 unspecified atom stereocenters. The van der Waals surface area contributed by atoms with E-state index in [2.05, 4.69) is 15.3 Å².